The number of imidazole rings is 1. The number of quaternary nitrogens is 1. The van der Waals surface area contributed by atoms with E-state index in [2.05, 4.69) is 15.3 Å². The summed E-state index contributed by atoms with van der Waals surface area (Å²) in [6.45, 7) is 0. The molecule has 0 aliphatic rings. The van der Waals surface area contributed by atoms with Crippen LogP contribution in [0.15, 0.2) is 6.20 Å². The molecule has 0 bridgehead atoms. The minimum Gasteiger partial charge on any atom is -0.480 e. The number of rotatable bonds is 8. The maximum absolute atomic E-state index is 10.8. The molecule has 9 nitrogen and oxygen atoms in total. The van der Waals surface area contributed by atoms with Gasteiger partial charge in [0, 0.05) is 25.5 Å². The molecule has 22 heavy (non-hydrogen) atoms. The Kier molecular flexibility index (Phi) is 5.89. The number of hydrogen-bond donors (Lipinski definition) is 5. The van der Waals surface area contributed by atoms with E-state index >= 15 is 0 Å². The maximum atomic E-state index is 10.8. The van der Waals surface area contributed by atoms with E-state index in [1.165, 1.54) is 0 Å². The molecule has 1 amide bonds. The highest BCUT2D eigenvalue weighted by Crippen LogP contribution is 2.09. The Morgan fingerprint density at radius 2 is 2.05 bits per heavy atom. The van der Waals surface area contributed by atoms with Gasteiger partial charge < -0.3 is 25.4 Å². The lowest BCUT2D eigenvalue weighted by Crippen LogP contribution is -2.55. The summed E-state index contributed by atoms with van der Waals surface area (Å²) in [4.78, 5) is 28.8. The van der Waals surface area contributed by atoms with Crippen LogP contribution in [0.4, 0.5) is 4.79 Å². The summed E-state index contributed by atoms with van der Waals surface area (Å²) in [6, 6.07) is -0.983. The summed E-state index contributed by atoms with van der Waals surface area (Å²) in [6.07, 6.45) is 1.55. The Morgan fingerprint density at radius 3 is 2.55 bits per heavy atom. The molecule has 124 valence electrons. The van der Waals surface area contributed by atoms with Crippen molar-refractivity contribution in [1.29, 1.82) is 0 Å². The van der Waals surface area contributed by atoms with Gasteiger partial charge in [-0.05, 0) is 0 Å². The number of amides is 1. The summed E-state index contributed by atoms with van der Waals surface area (Å²) in [5.41, 5.74) is 6.04. The molecular formula is C13H24N5O4+. The molecule has 0 saturated heterocycles. The molecule has 0 radical (unpaired) electrons. The Morgan fingerprint density at radius 1 is 1.41 bits per heavy atom. The summed E-state index contributed by atoms with van der Waals surface area (Å²) in [7, 11) is 5.71. The van der Waals surface area contributed by atoms with Gasteiger partial charge in [-0.2, -0.15) is 0 Å². The Bertz CT molecular complexity index is 523. The van der Waals surface area contributed by atoms with Gasteiger partial charge in [0.15, 0.2) is 6.17 Å². The number of aliphatic carboxylic acids is 1. The zero-order valence-corrected chi connectivity index (χ0v) is 13.0. The predicted octanol–water partition coefficient (Wildman–Crippen LogP) is -0.403. The van der Waals surface area contributed by atoms with Gasteiger partial charge in [0.2, 0.25) is 0 Å². The number of aromatic amines is 1. The smallest absolute Gasteiger partial charge is 0.409 e. The van der Waals surface area contributed by atoms with Crippen molar-refractivity contribution >= 4 is 12.1 Å². The fourth-order valence-electron chi connectivity index (χ4n) is 2.02. The van der Waals surface area contributed by atoms with Crippen molar-refractivity contribution in [2.24, 2.45) is 5.73 Å². The first-order chi connectivity index (χ1) is 10.1. The molecule has 0 saturated carbocycles. The molecule has 0 aliphatic carbocycles. The molecule has 1 rings (SSSR count). The van der Waals surface area contributed by atoms with Gasteiger partial charge in [0.1, 0.15) is 11.9 Å². The second kappa shape index (κ2) is 7.23. The number of carboxylic acids is 1. The molecule has 9 heteroatoms. The zero-order chi connectivity index (χ0) is 16.9. The molecule has 0 aliphatic heterocycles. The van der Waals surface area contributed by atoms with Crippen molar-refractivity contribution in [2.75, 3.05) is 21.1 Å². The number of hydrogen-bond acceptors (Lipinski definition) is 4. The van der Waals surface area contributed by atoms with Crippen LogP contribution in [-0.2, 0) is 17.6 Å². The van der Waals surface area contributed by atoms with Crippen molar-refractivity contribution < 1.29 is 24.3 Å². The van der Waals surface area contributed by atoms with Crippen LogP contribution in [0.2, 0.25) is 0 Å². The average Bonchev–Trinajstić information content (AvgIpc) is 2.80. The highest BCUT2D eigenvalue weighted by Gasteiger charge is 2.25. The van der Waals surface area contributed by atoms with Crippen LogP contribution >= 0.6 is 0 Å². The lowest BCUT2D eigenvalue weighted by molar-refractivity contribution is -0.898. The van der Waals surface area contributed by atoms with E-state index in [0.29, 0.717) is 28.8 Å². The topological polar surface area (TPSA) is 141 Å². The third-order valence-corrected chi connectivity index (χ3v) is 3.31. The van der Waals surface area contributed by atoms with E-state index in [0.717, 1.165) is 0 Å². The molecular weight excluding hydrogens is 290 g/mol. The standard InChI is InChI=1S/C13H23N5O4/c1-18(2,3)11(17-13(21)22)5-4-10-15-7-8(16-10)6-9(14)12(19)20/h7,9,11,17H,4-6,14H2,1-3H3,(H2-,15,16,19,20,21,22)/p+1. The quantitative estimate of drug-likeness (QED) is 0.326. The monoisotopic (exact) mass is 314 g/mol. The molecule has 0 spiro atoms. The summed E-state index contributed by atoms with van der Waals surface area (Å²) in [5, 5.41) is 20.1. The average molecular weight is 314 g/mol. The zero-order valence-electron chi connectivity index (χ0n) is 13.0. The highest BCUT2D eigenvalue weighted by molar-refractivity contribution is 5.73. The van der Waals surface area contributed by atoms with Crippen LogP contribution in [0.1, 0.15) is 17.9 Å². The maximum Gasteiger partial charge on any atom is 0.409 e. The molecule has 1 aromatic rings. The lowest BCUT2D eigenvalue weighted by Gasteiger charge is -2.33. The van der Waals surface area contributed by atoms with Crippen molar-refractivity contribution in [3.05, 3.63) is 17.7 Å². The molecule has 0 aromatic carbocycles. The lowest BCUT2D eigenvalue weighted by atomic mass is 10.2. The van der Waals surface area contributed by atoms with E-state index in [4.69, 9.17) is 15.9 Å². The fraction of sp³-hybridized carbons (Fsp3) is 0.615. The normalized spacial score (nSPS) is 14.4. The fourth-order valence-corrected chi connectivity index (χ4v) is 2.02. The van der Waals surface area contributed by atoms with E-state index in [-0.39, 0.29) is 12.6 Å². The van der Waals surface area contributed by atoms with E-state index in [9.17, 15) is 9.59 Å². The van der Waals surface area contributed by atoms with Crippen molar-refractivity contribution in [3.8, 4) is 0 Å². The van der Waals surface area contributed by atoms with Gasteiger partial charge in [-0.3, -0.25) is 10.1 Å². The number of aryl methyl sites for hydroxylation is 1. The predicted molar refractivity (Wildman–Crippen MR) is 79.2 cm³/mol. The van der Waals surface area contributed by atoms with Crippen LogP contribution in [0.5, 0.6) is 0 Å². The van der Waals surface area contributed by atoms with Crippen molar-refractivity contribution in [3.63, 3.8) is 0 Å². The Hall–Kier alpha value is -2.13. The summed E-state index contributed by atoms with van der Waals surface area (Å²) in [5.74, 6) is -0.390. The van der Waals surface area contributed by atoms with Gasteiger partial charge in [-0.25, -0.2) is 9.78 Å². The first-order valence-electron chi connectivity index (χ1n) is 6.91. The third-order valence-electron chi connectivity index (χ3n) is 3.31. The highest BCUT2D eigenvalue weighted by atomic mass is 16.4. The van der Waals surface area contributed by atoms with E-state index < -0.39 is 18.1 Å². The summed E-state index contributed by atoms with van der Waals surface area (Å²) < 4.78 is 0.448. The second-order valence-corrected chi connectivity index (χ2v) is 6.11. The largest absolute Gasteiger partial charge is 0.480 e. The first kappa shape index (κ1) is 17.9. The molecule has 2 unspecified atom stereocenters. The minimum absolute atomic E-state index is 0.151. The number of carbonyl (C=O) groups is 2. The van der Waals surface area contributed by atoms with Gasteiger partial charge in [-0.1, -0.05) is 0 Å². The SMILES string of the molecule is C[N+](C)(C)C(CCc1nc(CC(N)C(=O)O)c[nH]1)NC(=O)O. The molecule has 2 atom stereocenters. The van der Waals surface area contributed by atoms with Crippen LogP contribution in [0, 0.1) is 0 Å². The van der Waals surface area contributed by atoms with Gasteiger partial charge >= 0.3 is 12.1 Å². The molecule has 0 fully saturated rings. The van der Waals surface area contributed by atoms with E-state index in [1.54, 1.807) is 6.20 Å². The van der Waals surface area contributed by atoms with Gasteiger partial charge in [-0.15, -0.1) is 0 Å². The number of nitrogens with one attached hydrogen (secondary N) is 2. The second-order valence-electron chi connectivity index (χ2n) is 6.11. The third kappa shape index (κ3) is 5.70. The van der Waals surface area contributed by atoms with Gasteiger partial charge in [0.25, 0.3) is 0 Å². The number of nitrogens with two attached hydrogens (primary N) is 1. The number of H-pyrrole nitrogens is 1. The van der Waals surface area contributed by atoms with Crippen molar-refractivity contribution in [1.82, 2.24) is 15.3 Å². The first-order valence-corrected chi connectivity index (χ1v) is 6.91. The Balaban J connectivity index is 2.61. The molecule has 1 heterocycles. The molecule has 1 aromatic heterocycles. The van der Waals surface area contributed by atoms with E-state index in [1.807, 2.05) is 21.1 Å². The summed E-state index contributed by atoms with van der Waals surface area (Å²) >= 11 is 0. The van der Waals surface area contributed by atoms with Crippen LogP contribution in [0.3, 0.4) is 0 Å². The Labute approximate surface area is 128 Å². The number of aromatic nitrogens is 2. The minimum atomic E-state index is -1.07. The number of nitrogens with zero attached hydrogens (tertiary/aromatic N) is 2. The van der Waals surface area contributed by atoms with Crippen LogP contribution in [0.25, 0.3) is 0 Å². The van der Waals surface area contributed by atoms with Gasteiger partial charge in [0.05, 0.1) is 26.8 Å². The van der Waals surface area contributed by atoms with Crippen molar-refractivity contribution in [2.45, 2.75) is 31.5 Å². The number of carboxylic acid groups (broad SMARTS) is 2. The van der Waals surface area contributed by atoms with Crippen LogP contribution < -0.4 is 11.1 Å². The van der Waals surface area contributed by atoms with Crippen LogP contribution in [-0.4, -0.2) is 70.1 Å². The molecule has 6 N–H and O–H groups in total.